The van der Waals surface area contributed by atoms with Gasteiger partial charge in [0.15, 0.2) is 0 Å². The van der Waals surface area contributed by atoms with Crippen LogP contribution in [0.25, 0.3) is 0 Å². The first-order valence-electron chi connectivity index (χ1n) is 4.20. The van der Waals surface area contributed by atoms with E-state index in [1.165, 1.54) is 0 Å². The van der Waals surface area contributed by atoms with E-state index in [4.69, 9.17) is 0 Å². The van der Waals surface area contributed by atoms with Gasteiger partial charge in [-0.3, -0.25) is 0 Å². The zero-order chi connectivity index (χ0) is 9.52. The number of nitrogens with one attached hydrogen (secondary N) is 1. The molecular formula is C9H14N2S2. The fourth-order valence-electron chi connectivity index (χ4n) is 0.871. The van der Waals surface area contributed by atoms with Crippen molar-refractivity contribution in [2.24, 2.45) is 0 Å². The second kappa shape index (κ2) is 6.18. The third-order valence-corrected chi connectivity index (χ3v) is 3.45. The molecule has 0 aromatic carbocycles. The van der Waals surface area contributed by atoms with Crippen LogP contribution in [0.15, 0.2) is 28.6 Å². The first-order chi connectivity index (χ1) is 6.33. The molecular weight excluding hydrogens is 200 g/mol. The van der Waals surface area contributed by atoms with Crippen LogP contribution in [-0.2, 0) is 0 Å². The fraction of sp³-hybridized carbons (Fsp3) is 0.444. The van der Waals surface area contributed by atoms with Crippen molar-refractivity contribution in [1.29, 1.82) is 0 Å². The van der Waals surface area contributed by atoms with E-state index in [1.807, 2.05) is 29.4 Å². The summed E-state index contributed by atoms with van der Waals surface area (Å²) in [5, 5.41) is 5.85. The monoisotopic (exact) mass is 214 g/mol. The molecule has 1 aromatic rings. The number of aromatic nitrogens is 1. The Kier molecular flexibility index (Phi) is 5.12. The Morgan fingerprint density at radius 1 is 1.85 bits per heavy atom. The van der Waals surface area contributed by atoms with Gasteiger partial charge in [-0.05, 0) is 0 Å². The third-order valence-electron chi connectivity index (χ3n) is 1.43. The van der Waals surface area contributed by atoms with Gasteiger partial charge in [0, 0.05) is 29.9 Å². The zero-order valence-electron chi connectivity index (χ0n) is 7.69. The Balaban J connectivity index is 2.17. The summed E-state index contributed by atoms with van der Waals surface area (Å²) in [6, 6.07) is 0. The van der Waals surface area contributed by atoms with Crippen LogP contribution in [0.3, 0.4) is 0 Å². The largest absolute Gasteiger partial charge is 0.312 e. The van der Waals surface area contributed by atoms with Crippen molar-refractivity contribution in [3.63, 3.8) is 0 Å². The van der Waals surface area contributed by atoms with Crippen molar-refractivity contribution >= 4 is 23.1 Å². The van der Waals surface area contributed by atoms with Crippen molar-refractivity contribution < 1.29 is 0 Å². The average Bonchev–Trinajstić information content (AvgIpc) is 2.57. The predicted molar refractivity (Wildman–Crippen MR) is 60.5 cm³/mol. The quantitative estimate of drug-likeness (QED) is 0.447. The van der Waals surface area contributed by atoms with E-state index >= 15 is 0 Å². The molecule has 13 heavy (non-hydrogen) atoms. The number of hydrogen-bond donors (Lipinski definition) is 1. The maximum absolute atomic E-state index is 4.22. The number of hydrogen-bond acceptors (Lipinski definition) is 4. The topological polar surface area (TPSA) is 24.9 Å². The normalized spacial score (nSPS) is 12.7. The Morgan fingerprint density at radius 3 is 3.31 bits per heavy atom. The summed E-state index contributed by atoms with van der Waals surface area (Å²) in [5.74, 6) is 0. The van der Waals surface area contributed by atoms with Gasteiger partial charge in [-0.2, -0.15) is 0 Å². The predicted octanol–water partition coefficient (Wildman–Crippen LogP) is 2.40. The molecule has 4 heteroatoms. The van der Waals surface area contributed by atoms with E-state index in [1.54, 1.807) is 11.3 Å². The molecule has 1 N–H and O–H groups in total. The lowest BCUT2D eigenvalue weighted by Crippen LogP contribution is -2.22. The van der Waals surface area contributed by atoms with Gasteiger partial charge in [0.05, 0.1) is 0 Å². The number of rotatable bonds is 6. The lowest BCUT2D eigenvalue weighted by Gasteiger charge is -2.08. The first-order valence-corrected chi connectivity index (χ1v) is 5.96. The van der Waals surface area contributed by atoms with Crippen LogP contribution in [0.5, 0.6) is 0 Å². The van der Waals surface area contributed by atoms with Crippen molar-refractivity contribution in [2.75, 3.05) is 13.1 Å². The van der Waals surface area contributed by atoms with Crippen molar-refractivity contribution in [1.82, 2.24) is 10.3 Å². The number of thiazole rings is 1. The lowest BCUT2D eigenvalue weighted by molar-refractivity contribution is 0.740. The molecule has 0 aliphatic carbocycles. The minimum absolute atomic E-state index is 0.561. The summed E-state index contributed by atoms with van der Waals surface area (Å²) in [7, 11) is 0. The maximum Gasteiger partial charge on any atom is 0.150 e. The summed E-state index contributed by atoms with van der Waals surface area (Å²) in [4.78, 5) is 4.22. The van der Waals surface area contributed by atoms with Gasteiger partial charge in [-0.15, -0.1) is 17.9 Å². The summed E-state index contributed by atoms with van der Waals surface area (Å²) in [5.41, 5.74) is 0. The van der Waals surface area contributed by atoms with Crippen LogP contribution in [0.2, 0.25) is 0 Å². The Labute approximate surface area is 87.5 Å². The molecule has 72 valence electrons. The molecule has 0 saturated carbocycles. The Morgan fingerprint density at radius 2 is 2.69 bits per heavy atom. The van der Waals surface area contributed by atoms with E-state index < -0.39 is 0 Å². The van der Waals surface area contributed by atoms with Crippen LogP contribution in [0, 0.1) is 0 Å². The summed E-state index contributed by atoms with van der Waals surface area (Å²) in [6.45, 7) is 7.72. The van der Waals surface area contributed by atoms with Gasteiger partial charge < -0.3 is 5.32 Å². The molecule has 1 unspecified atom stereocenters. The minimum atomic E-state index is 0.561. The van der Waals surface area contributed by atoms with Crippen LogP contribution in [0.4, 0.5) is 0 Å². The summed E-state index contributed by atoms with van der Waals surface area (Å²) < 4.78 is 1.15. The molecule has 0 aliphatic rings. The van der Waals surface area contributed by atoms with Crippen molar-refractivity contribution in [2.45, 2.75) is 16.5 Å². The van der Waals surface area contributed by atoms with Crippen LogP contribution >= 0.6 is 23.1 Å². The first kappa shape index (κ1) is 10.8. The summed E-state index contributed by atoms with van der Waals surface area (Å²) >= 11 is 3.51. The lowest BCUT2D eigenvalue weighted by atomic mass is 10.4. The van der Waals surface area contributed by atoms with E-state index in [0.717, 1.165) is 17.4 Å². The van der Waals surface area contributed by atoms with E-state index in [2.05, 4.69) is 23.8 Å². The molecule has 0 bridgehead atoms. The van der Waals surface area contributed by atoms with Gasteiger partial charge >= 0.3 is 0 Å². The highest BCUT2D eigenvalue weighted by atomic mass is 32.2. The molecule has 0 aliphatic heterocycles. The van der Waals surface area contributed by atoms with Gasteiger partial charge in [0.25, 0.3) is 0 Å². The zero-order valence-corrected chi connectivity index (χ0v) is 9.33. The van der Waals surface area contributed by atoms with Gasteiger partial charge in [-0.1, -0.05) is 24.8 Å². The van der Waals surface area contributed by atoms with Crippen LogP contribution in [-0.4, -0.2) is 23.3 Å². The molecule has 1 atom stereocenters. The third kappa shape index (κ3) is 4.45. The van der Waals surface area contributed by atoms with Gasteiger partial charge in [0.1, 0.15) is 4.34 Å². The molecule has 1 aromatic heterocycles. The van der Waals surface area contributed by atoms with Gasteiger partial charge in [-0.25, -0.2) is 4.98 Å². The fourth-order valence-corrected chi connectivity index (χ4v) is 2.78. The average molecular weight is 214 g/mol. The minimum Gasteiger partial charge on any atom is -0.312 e. The molecule has 0 fully saturated rings. The SMILES string of the molecule is C=CCNCC(C)Sc1nccs1. The molecule has 1 rings (SSSR count). The van der Waals surface area contributed by atoms with Crippen molar-refractivity contribution in [3.05, 3.63) is 24.2 Å². The van der Waals surface area contributed by atoms with Crippen molar-refractivity contribution in [3.8, 4) is 0 Å². The smallest absolute Gasteiger partial charge is 0.150 e. The molecule has 0 amide bonds. The summed E-state index contributed by atoms with van der Waals surface area (Å²) in [6.07, 6.45) is 3.72. The standard InChI is InChI=1S/C9H14N2S2/c1-3-4-10-7-8(2)13-9-11-5-6-12-9/h3,5-6,8,10H,1,4,7H2,2H3. The number of thioether (sulfide) groups is 1. The molecule has 0 saturated heterocycles. The van der Waals surface area contributed by atoms with Gasteiger partial charge in [0.2, 0.25) is 0 Å². The molecule has 0 radical (unpaired) electrons. The molecule has 1 heterocycles. The van der Waals surface area contributed by atoms with E-state index in [9.17, 15) is 0 Å². The maximum atomic E-state index is 4.22. The van der Waals surface area contributed by atoms with E-state index in [-0.39, 0.29) is 0 Å². The Bertz CT molecular complexity index is 234. The van der Waals surface area contributed by atoms with E-state index in [0.29, 0.717) is 5.25 Å². The second-order valence-corrected chi connectivity index (χ2v) is 5.25. The second-order valence-electron chi connectivity index (χ2n) is 2.67. The molecule has 0 spiro atoms. The highest BCUT2D eigenvalue weighted by molar-refractivity contribution is 8.01. The van der Waals surface area contributed by atoms with Crippen LogP contribution < -0.4 is 5.32 Å². The highest BCUT2D eigenvalue weighted by Gasteiger charge is 2.04. The van der Waals surface area contributed by atoms with Crippen LogP contribution in [0.1, 0.15) is 6.92 Å². The Hall–Kier alpha value is -0.320. The number of nitrogens with zero attached hydrogens (tertiary/aromatic N) is 1. The highest BCUT2D eigenvalue weighted by Crippen LogP contribution is 2.24. The molecule has 2 nitrogen and oxygen atoms in total.